The maximum Gasteiger partial charge on any atom is 0.573 e. The molecule has 1 amide bonds. The van der Waals surface area contributed by atoms with E-state index >= 15 is 0 Å². The lowest BCUT2D eigenvalue weighted by Crippen LogP contribution is -2.16. The normalized spacial score (nSPS) is 15.5. The molecule has 14 heteroatoms. The Bertz CT molecular complexity index is 1540. The van der Waals surface area contributed by atoms with Crippen LogP contribution < -0.4 is 10.5 Å². The molecule has 11 nitrogen and oxygen atoms in total. The van der Waals surface area contributed by atoms with Crippen LogP contribution in [-0.4, -0.2) is 43.9 Å². The van der Waals surface area contributed by atoms with Crippen molar-refractivity contribution in [1.82, 2.24) is 19.6 Å². The van der Waals surface area contributed by atoms with Crippen molar-refractivity contribution in [3.05, 3.63) is 57.8 Å². The van der Waals surface area contributed by atoms with Crippen LogP contribution in [-0.2, 0) is 13.0 Å². The Morgan fingerprint density at radius 2 is 1.90 bits per heavy atom. The second-order valence-electron chi connectivity index (χ2n) is 9.26. The van der Waals surface area contributed by atoms with Gasteiger partial charge in [0, 0.05) is 41.6 Å². The third kappa shape index (κ3) is 5.49. The lowest BCUT2D eigenvalue weighted by molar-refractivity contribution is -0.274. The van der Waals surface area contributed by atoms with Crippen molar-refractivity contribution in [3.8, 4) is 17.0 Å². The quantitative estimate of drug-likeness (QED) is 0.450. The molecule has 1 saturated carbocycles. The van der Waals surface area contributed by atoms with E-state index in [4.69, 9.17) is 10.8 Å². The molecule has 1 aromatic carbocycles. The van der Waals surface area contributed by atoms with Crippen molar-refractivity contribution in [3.63, 3.8) is 0 Å². The van der Waals surface area contributed by atoms with Gasteiger partial charge in [-0.05, 0) is 56.9 Å². The van der Waals surface area contributed by atoms with Gasteiger partial charge in [0.2, 0.25) is 0 Å². The fraction of sp³-hybridized carbons (Fsp3) is 0.320. The fourth-order valence-corrected chi connectivity index (χ4v) is 4.41. The highest BCUT2D eigenvalue weighted by Gasteiger charge is 2.31. The van der Waals surface area contributed by atoms with Gasteiger partial charge < -0.3 is 10.5 Å². The number of nitroso groups, excluding NO2 is 1. The maximum atomic E-state index is 12.6. The van der Waals surface area contributed by atoms with Gasteiger partial charge in [-0.3, -0.25) is 4.79 Å². The maximum absolute atomic E-state index is 12.6. The molecule has 2 aliphatic rings. The number of alkyl halides is 3. The highest BCUT2D eigenvalue weighted by atomic mass is 19.4. The van der Waals surface area contributed by atoms with Crippen LogP contribution in [0.4, 0.5) is 19.0 Å². The van der Waals surface area contributed by atoms with Gasteiger partial charge in [0.1, 0.15) is 11.6 Å². The van der Waals surface area contributed by atoms with E-state index < -0.39 is 12.3 Å². The smallest absolute Gasteiger partial charge is 0.406 e. The molecule has 1 aliphatic carbocycles. The molecule has 202 valence electrons. The van der Waals surface area contributed by atoms with Crippen molar-refractivity contribution >= 4 is 29.6 Å². The Kier molecular flexibility index (Phi) is 6.62. The Labute approximate surface area is 219 Å². The number of amides is 1. The standard InChI is InChI=1S/C25H23F3N8O3/c1-13-21(24(37)34-38)14(2)36(32-13)20-11-19(29)31-23-18(9-10-30-20)22(33-35(23)12-15-3-4-15)16-5-7-17(8-6-16)39-25(26,27)28/h5-8,10-11,15H,3-4,9,12H2,1-2H3,(H2,29,31). The number of carbonyl (C=O) groups excluding carboxylic acids is 1. The zero-order valence-corrected chi connectivity index (χ0v) is 20.9. The van der Waals surface area contributed by atoms with Crippen LogP contribution in [0.25, 0.3) is 17.1 Å². The Morgan fingerprint density at radius 3 is 2.54 bits per heavy atom. The van der Waals surface area contributed by atoms with Gasteiger partial charge in [0.25, 0.3) is 0 Å². The molecule has 3 aromatic rings. The molecule has 3 heterocycles. The highest BCUT2D eigenvalue weighted by Crippen LogP contribution is 2.37. The predicted octanol–water partition coefficient (Wildman–Crippen LogP) is 4.69. The van der Waals surface area contributed by atoms with E-state index in [0.717, 1.165) is 12.8 Å². The Hall–Kier alpha value is -4.62. The molecule has 0 spiro atoms. The van der Waals surface area contributed by atoms with E-state index in [2.05, 4.69) is 25.0 Å². The summed E-state index contributed by atoms with van der Waals surface area (Å²) in [5.41, 5.74) is 8.86. The molecule has 39 heavy (non-hydrogen) atoms. The molecule has 0 saturated heterocycles. The van der Waals surface area contributed by atoms with Crippen molar-refractivity contribution < 1.29 is 22.7 Å². The number of rotatable bonds is 6. The van der Waals surface area contributed by atoms with Crippen molar-refractivity contribution in [1.29, 1.82) is 0 Å². The van der Waals surface area contributed by atoms with Gasteiger partial charge in [0.15, 0.2) is 11.6 Å². The van der Waals surface area contributed by atoms with Gasteiger partial charge in [-0.2, -0.15) is 10.2 Å². The average Bonchev–Trinajstić information content (AvgIpc) is 3.54. The minimum Gasteiger partial charge on any atom is -0.406 e. The number of amidine groups is 1. The van der Waals surface area contributed by atoms with E-state index in [0.29, 0.717) is 46.5 Å². The molecule has 0 unspecified atom stereocenters. The monoisotopic (exact) mass is 540 g/mol. The van der Waals surface area contributed by atoms with E-state index in [1.165, 1.54) is 35.0 Å². The number of benzene rings is 1. The first kappa shape index (κ1) is 26.0. The number of fused-ring (bicyclic) bond motifs is 1. The second-order valence-corrected chi connectivity index (χ2v) is 9.26. The van der Waals surface area contributed by atoms with E-state index in [1.54, 1.807) is 24.7 Å². The van der Waals surface area contributed by atoms with Gasteiger partial charge in [-0.15, -0.1) is 18.1 Å². The summed E-state index contributed by atoms with van der Waals surface area (Å²) in [6.07, 6.45) is 0.704. The van der Waals surface area contributed by atoms with Crippen molar-refractivity contribution in [2.45, 2.75) is 46.0 Å². The number of aliphatic imine (C=N–C) groups is 2. The molecule has 0 atom stereocenters. The van der Waals surface area contributed by atoms with E-state index in [1.807, 2.05) is 0 Å². The summed E-state index contributed by atoms with van der Waals surface area (Å²) in [6.45, 7) is 3.81. The molecule has 1 aliphatic heterocycles. The summed E-state index contributed by atoms with van der Waals surface area (Å²) >= 11 is 0. The summed E-state index contributed by atoms with van der Waals surface area (Å²) in [7, 11) is 0. The van der Waals surface area contributed by atoms with Crippen LogP contribution in [0.3, 0.4) is 0 Å². The third-order valence-electron chi connectivity index (χ3n) is 6.35. The number of hydrogen-bond donors (Lipinski definition) is 1. The summed E-state index contributed by atoms with van der Waals surface area (Å²) in [4.78, 5) is 32.0. The average molecular weight is 541 g/mol. The zero-order valence-electron chi connectivity index (χ0n) is 20.9. The topological polar surface area (TPSA) is 142 Å². The SMILES string of the molecule is Cc1nn(C2=CC(N)=Nc3c(c(-c4ccc(OC(F)(F)F)cc4)nn3CC3CC3)CC=N2)c(C)c1C(=O)N=O. The minimum absolute atomic E-state index is 0.0834. The molecular formula is C25H23F3N8O3. The van der Waals surface area contributed by atoms with Gasteiger partial charge in [-0.1, -0.05) is 0 Å². The molecule has 1 fully saturated rings. The van der Waals surface area contributed by atoms with E-state index in [9.17, 15) is 22.9 Å². The van der Waals surface area contributed by atoms with Crippen LogP contribution in [0, 0.1) is 24.7 Å². The lowest BCUT2D eigenvalue weighted by atomic mass is 10.1. The summed E-state index contributed by atoms with van der Waals surface area (Å²) < 4.78 is 45.0. The zero-order chi connectivity index (χ0) is 27.9. The highest BCUT2D eigenvalue weighted by molar-refractivity contribution is 6.00. The van der Waals surface area contributed by atoms with Crippen molar-refractivity contribution in [2.75, 3.05) is 0 Å². The molecule has 2 aromatic heterocycles. The number of carbonyl (C=O) groups is 1. The van der Waals surface area contributed by atoms with Crippen LogP contribution in [0.15, 0.2) is 45.5 Å². The molecular weight excluding hydrogens is 517 g/mol. The number of aryl methyl sites for hydroxylation is 1. The number of aromatic nitrogens is 4. The third-order valence-corrected chi connectivity index (χ3v) is 6.35. The summed E-state index contributed by atoms with van der Waals surface area (Å²) in [5, 5.41) is 11.6. The van der Waals surface area contributed by atoms with E-state index in [-0.39, 0.29) is 29.4 Å². The van der Waals surface area contributed by atoms with Crippen LogP contribution in [0.1, 0.15) is 40.2 Å². The van der Waals surface area contributed by atoms with Crippen molar-refractivity contribution in [2.24, 2.45) is 26.8 Å². The minimum atomic E-state index is -4.79. The summed E-state index contributed by atoms with van der Waals surface area (Å²) in [5.74, 6) is 0.0529. The van der Waals surface area contributed by atoms with Gasteiger partial charge in [0.05, 0.1) is 22.6 Å². The van der Waals surface area contributed by atoms with Gasteiger partial charge >= 0.3 is 12.3 Å². The number of nitrogens with two attached hydrogens (primary N) is 1. The number of hydrogen-bond acceptors (Lipinski definition) is 8. The van der Waals surface area contributed by atoms with Crippen LogP contribution in [0.2, 0.25) is 0 Å². The first-order valence-corrected chi connectivity index (χ1v) is 12.0. The van der Waals surface area contributed by atoms with Crippen LogP contribution in [0.5, 0.6) is 5.75 Å². The predicted molar refractivity (Wildman–Crippen MR) is 137 cm³/mol. The second kappa shape index (κ2) is 9.93. The number of ether oxygens (including phenoxy) is 1. The largest absolute Gasteiger partial charge is 0.573 e. The molecule has 2 N–H and O–H groups in total. The van der Waals surface area contributed by atoms with Crippen LogP contribution >= 0.6 is 0 Å². The molecule has 5 rings (SSSR count). The van der Waals surface area contributed by atoms with Gasteiger partial charge in [-0.25, -0.2) is 19.3 Å². The Morgan fingerprint density at radius 1 is 1.18 bits per heavy atom. The fourth-order valence-electron chi connectivity index (χ4n) is 4.41. The lowest BCUT2D eigenvalue weighted by Gasteiger charge is -2.09. The number of halogens is 3. The number of nitrogens with zero attached hydrogens (tertiary/aromatic N) is 7. The molecule has 0 radical (unpaired) electrons. The molecule has 0 bridgehead atoms. The Balaban J connectivity index is 1.55. The first-order valence-electron chi connectivity index (χ1n) is 12.0. The first-order chi connectivity index (χ1) is 18.5. The summed E-state index contributed by atoms with van der Waals surface area (Å²) in [6, 6.07) is 5.46.